The van der Waals surface area contributed by atoms with Crippen LogP contribution in [0.2, 0.25) is 0 Å². The number of halogens is 2. The Morgan fingerprint density at radius 3 is 2.79 bits per heavy atom. The molecule has 0 fully saturated rings. The Kier molecular flexibility index (Phi) is 5.31. The summed E-state index contributed by atoms with van der Waals surface area (Å²) in [4.78, 5) is 20.4. The van der Waals surface area contributed by atoms with Gasteiger partial charge in [0.1, 0.15) is 17.4 Å². The monoisotopic (exact) mass is 453 g/mol. The number of fused-ring (bicyclic) bond motifs is 1. The van der Waals surface area contributed by atoms with E-state index in [1.54, 1.807) is 55.6 Å². The average Bonchev–Trinajstić information content (AvgIpc) is 3.11. The summed E-state index contributed by atoms with van der Waals surface area (Å²) in [5.74, 6) is 0.732. The molecule has 1 heterocycles. The first-order valence-corrected chi connectivity index (χ1v) is 9.70. The van der Waals surface area contributed by atoms with Crippen LogP contribution >= 0.6 is 15.9 Å². The molecule has 0 aliphatic heterocycles. The van der Waals surface area contributed by atoms with E-state index in [1.807, 2.05) is 6.07 Å². The molecule has 0 aliphatic carbocycles. The molecule has 2 N–H and O–H groups in total. The van der Waals surface area contributed by atoms with E-state index in [-0.39, 0.29) is 11.7 Å². The predicted octanol–water partition coefficient (Wildman–Crippen LogP) is 5.32. The number of aromatic nitrogens is 2. The Morgan fingerprint density at radius 1 is 1.17 bits per heavy atom. The van der Waals surface area contributed by atoms with Crippen LogP contribution in [0.5, 0.6) is 5.75 Å². The third-order valence-electron chi connectivity index (χ3n) is 4.52. The van der Waals surface area contributed by atoms with Crippen molar-refractivity contribution >= 4 is 38.6 Å². The number of nitrogens with zero attached hydrogens (tertiary/aromatic N) is 1. The van der Waals surface area contributed by atoms with Crippen molar-refractivity contribution in [2.75, 3.05) is 12.4 Å². The lowest BCUT2D eigenvalue weighted by molar-refractivity contribution is 0.102. The van der Waals surface area contributed by atoms with Gasteiger partial charge >= 0.3 is 0 Å². The van der Waals surface area contributed by atoms with Gasteiger partial charge in [0.05, 0.1) is 23.7 Å². The number of H-pyrrole nitrogens is 1. The van der Waals surface area contributed by atoms with Gasteiger partial charge < -0.3 is 15.0 Å². The third kappa shape index (κ3) is 4.14. The molecule has 29 heavy (non-hydrogen) atoms. The number of imidazole rings is 1. The molecule has 0 saturated carbocycles. The fraction of sp³-hybridized carbons (Fsp3) is 0.0909. The highest BCUT2D eigenvalue weighted by Gasteiger charge is 2.13. The van der Waals surface area contributed by atoms with Gasteiger partial charge in [-0.2, -0.15) is 0 Å². The van der Waals surface area contributed by atoms with Gasteiger partial charge in [0.15, 0.2) is 0 Å². The quantitative estimate of drug-likeness (QED) is 0.429. The number of anilines is 1. The van der Waals surface area contributed by atoms with E-state index in [4.69, 9.17) is 4.74 Å². The van der Waals surface area contributed by atoms with Crippen LogP contribution in [0.1, 0.15) is 21.7 Å². The Labute approximate surface area is 175 Å². The maximum absolute atomic E-state index is 13.9. The molecule has 4 rings (SSSR count). The Balaban J connectivity index is 1.56. The van der Waals surface area contributed by atoms with Crippen LogP contribution in [0.15, 0.2) is 65.1 Å². The Bertz CT molecular complexity index is 1210. The van der Waals surface area contributed by atoms with Crippen molar-refractivity contribution in [3.05, 3.63) is 87.9 Å². The van der Waals surface area contributed by atoms with Crippen molar-refractivity contribution in [1.29, 1.82) is 0 Å². The van der Waals surface area contributed by atoms with Crippen LogP contribution in [0.25, 0.3) is 11.0 Å². The maximum atomic E-state index is 13.9. The van der Waals surface area contributed by atoms with E-state index in [9.17, 15) is 9.18 Å². The molecule has 0 saturated heterocycles. The number of hydrogen-bond donors (Lipinski definition) is 2. The van der Waals surface area contributed by atoms with Crippen LogP contribution in [0.3, 0.4) is 0 Å². The van der Waals surface area contributed by atoms with E-state index in [2.05, 4.69) is 31.2 Å². The zero-order valence-corrected chi connectivity index (χ0v) is 17.1. The lowest BCUT2D eigenvalue weighted by atomic mass is 10.1. The number of methoxy groups -OCH3 is 1. The average molecular weight is 454 g/mol. The van der Waals surface area contributed by atoms with Crippen molar-refractivity contribution in [3.63, 3.8) is 0 Å². The van der Waals surface area contributed by atoms with E-state index < -0.39 is 0 Å². The summed E-state index contributed by atoms with van der Waals surface area (Å²) >= 11 is 3.39. The molecule has 1 aromatic heterocycles. The molecule has 0 unspecified atom stereocenters. The standard InChI is InChI=1S/C22H17BrFN3O2/c1-29-15-7-8-17(23)16(12-15)22(28)25-14-6-9-19-20(11-14)27-21(26-19)10-13-4-2-3-5-18(13)24/h2-9,11-12H,10H2,1H3,(H,25,28)(H,26,27). The number of carbonyl (C=O) groups excluding carboxylic acids is 1. The van der Waals surface area contributed by atoms with Gasteiger partial charge in [-0.15, -0.1) is 0 Å². The zero-order valence-electron chi connectivity index (χ0n) is 15.5. The first kappa shape index (κ1) is 19.1. The minimum atomic E-state index is -0.263. The molecular formula is C22H17BrFN3O2. The normalized spacial score (nSPS) is 10.9. The number of amides is 1. The van der Waals surface area contributed by atoms with Crippen molar-refractivity contribution in [1.82, 2.24) is 9.97 Å². The molecule has 5 nitrogen and oxygen atoms in total. The molecule has 146 valence electrons. The zero-order chi connectivity index (χ0) is 20.4. The summed E-state index contributed by atoms with van der Waals surface area (Å²) in [6.07, 6.45) is 0.361. The van der Waals surface area contributed by atoms with Gasteiger partial charge in [-0.1, -0.05) is 18.2 Å². The highest BCUT2D eigenvalue weighted by Crippen LogP contribution is 2.25. The van der Waals surface area contributed by atoms with Gasteiger partial charge in [-0.25, -0.2) is 9.37 Å². The number of carbonyl (C=O) groups is 1. The second-order valence-electron chi connectivity index (χ2n) is 6.48. The molecule has 0 radical (unpaired) electrons. The molecule has 0 spiro atoms. The molecule has 1 amide bonds. The van der Waals surface area contributed by atoms with Crippen LogP contribution in [-0.2, 0) is 6.42 Å². The molecule has 0 bridgehead atoms. The Morgan fingerprint density at radius 2 is 2.00 bits per heavy atom. The Hall–Kier alpha value is -3.19. The number of ether oxygens (including phenoxy) is 1. The van der Waals surface area contributed by atoms with E-state index in [0.29, 0.717) is 39.3 Å². The fourth-order valence-electron chi connectivity index (χ4n) is 3.05. The van der Waals surface area contributed by atoms with Crippen LogP contribution in [-0.4, -0.2) is 23.0 Å². The molecule has 0 aliphatic rings. The van der Waals surface area contributed by atoms with Crippen LogP contribution in [0, 0.1) is 5.82 Å². The molecule has 4 aromatic rings. The predicted molar refractivity (Wildman–Crippen MR) is 114 cm³/mol. The number of benzene rings is 3. The van der Waals surface area contributed by atoms with Gasteiger partial charge in [0.25, 0.3) is 5.91 Å². The summed E-state index contributed by atoms with van der Waals surface area (Å²) in [5, 5.41) is 2.88. The minimum Gasteiger partial charge on any atom is -0.497 e. The highest BCUT2D eigenvalue weighted by molar-refractivity contribution is 9.10. The molecular weight excluding hydrogens is 437 g/mol. The van der Waals surface area contributed by atoms with Crippen molar-refractivity contribution in [3.8, 4) is 5.75 Å². The lowest BCUT2D eigenvalue weighted by Gasteiger charge is -2.08. The number of hydrogen-bond acceptors (Lipinski definition) is 3. The first-order valence-electron chi connectivity index (χ1n) is 8.90. The van der Waals surface area contributed by atoms with Crippen LogP contribution < -0.4 is 10.1 Å². The largest absolute Gasteiger partial charge is 0.497 e. The summed E-state index contributed by atoms with van der Waals surface area (Å²) in [7, 11) is 1.55. The van der Waals surface area contributed by atoms with Crippen LogP contribution in [0.4, 0.5) is 10.1 Å². The second-order valence-corrected chi connectivity index (χ2v) is 7.34. The van der Waals surface area contributed by atoms with Crippen molar-refractivity contribution in [2.45, 2.75) is 6.42 Å². The number of rotatable bonds is 5. The number of aromatic amines is 1. The second kappa shape index (κ2) is 8.05. The van der Waals surface area contributed by atoms with Gasteiger partial charge in [0, 0.05) is 16.6 Å². The van der Waals surface area contributed by atoms with Crippen molar-refractivity contribution < 1.29 is 13.9 Å². The third-order valence-corrected chi connectivity index (χ3v) is 5.21. The molecule has 7 heteroatoms. The SMILES string of the molecule is COc1ccc(Br)c(C(=O)Nc2ccc3nc(Cc4ccccc4F)[nH]c3c2)c1. The minimum absolute atomic E-state index is 0.259. The van der Waals surface area contributed by atoms with E-state index >= 15 is 0 Å². The summed E-state index contributed by atoms with van der Waals surface area (Å²) in [6, 6.07) is 17.2. The molecule has 3 aromatic carbocycles. The summed E-state index contributed by atoms with van der Waals surface area (Å²) in [6.45, 7) is 0. The smallest absolute Gasteiger partial charge is 0.256 e. The van der Waals surface area contributed by atoms with Gasteiger partial charge in [0.2, 0.25) is 0 Å². The summed E-state index contributed by atoms with van der Waals surface area (Å²) in [5.41, 5.74) is 3.17. The van der Waals surface area contributed by atoms with E-state index in [1.165, 1.54) is 6.07 Å². The number of nitrogens with one attached hydrogen (secondary N) is 2. The molecule has 0 atom stereocenters. The van der Waals surface area contributed by atoms with Crippen molar-refractivity contribution in [2.24, 2.45) is 0 Å². The van der Waals surface area contributed by atoms with E-state index in [0.717, 1.165) is 11.0 Å². The highest BCUT2D eigenvalue weighted by atomic mass is 79.9. The fourth-order valence-corrected chi connectivity index (χ4v) is 3.48. The first-order chi connectivity index (χ1) is 14.0. The topological polar surface area (TPSA) is 67.0 Å². The maximum Gasteiger partial charge on any atom is 0.256 e. The summed E-state index contributed by atoms with van der Waals surface area (Å²) < 4.78 is 19.7. The van der Waals surface area contributed by atoms with Gasteiger partial charge in [-0.05, 0) is 64.0 Å². The lowest BCUT2D eigenvalue weighted by Crippen LogP contribution is -2.12. The van der Waals surface area contributed by atoms with Gasteiger partial charge in [-0.3, -0.25) is 4.79 Å².